The van der Waals surface area contributed by atoms with Crippen molar-refractivity contribution < 1.29 is 14.1 Å². The van der Waals surface area contributed by atoms with Crippen LogP contribution in [0.3, 0.4) is 0 Å². The van der Waals surface area contributed by atoms with Crippen molar-refractivity contribution in [3.05, 3.63) is 69.7 Å². The Balaban J connectivity index is 1.67. The molecule has 0 bridgehead atoms. The van der Waals surface area contributed by atoms with E-state index in [0.29, 0.717) is 17.2 Å². The fourth-order valence-electron chi connectivity index (χ4n) is 2.35. The summed E-state index contributed by atoms with van der Waals surface area (Å²) in [5.41, 5.74) is 1.18. The Labute approximate surface area is 142 Å². The summed E-state index contributed by atoms with van der Waals surface area (Å²) in [4.78, 5) is 22.3. The van der Waals surface area contributed by atoms with Crippen LogP contribution in [-0.2, 0) is 13.6 Å². The molecule has 0 radical (unpaired) electrons. The lowest BCUT2D eigenvalue weighted by Crippen LogP contribution is -2.03. The van der Waals surface area contributed by atoms with Gasteiger partial charge in [-0.05, 0) is 37.3 Å². The largest absolute Gasteiger partial charge is 0.460 e. The maximum Gasteiger partial charge on any atom is 0.307 e. The minimum Gasteiger partial charge on any atom is -0.460 e. The van der Waals surface area contributed by atoms with Gasteiger partial charge in [-0.2, -0.15) is 10.2 Å². The Hall–Kier alpha value is -3.49. The molecule has 0 amide bonds. The van der Waals surface area contributed by atoms with Gasteiger partial charge < -0.3 is 4.42 Å². The van der Waals surface area contributed by atoms with Gasteiger partial charge in [-0.1, -0.05) is 0 Å². The minimum absolute atomic E-state index is 0.0799. The average Bonchev–Trinajstić information content (AvgIpc) is 3.26. The van der Waals surface area contributed by atoms with Crippen molar-refractivity contribution in [3.8, 4) is 0 Å². The lowest BCUT2D eigenvalue weighted by Gasteiger charge is -1.96. The molecule has 25 heavy (non-hydrogen) atoms. The van der Waals surface area contributed by atoms with Crippen LogP contribution in [0.15, 0.2) is 41.1 Å². The lowest BCUT2D eigenvalue weighted by atomic mass is 10.2. The monoisotopic (exact) mass is 341 g/mol. The third-order valence-corrected chi connectivity index (χ3v) is 3.48. The van der Waals surface area contributed by atoms with Crippen molar-refractivity contribution in [2.75, 3.05) is 0 Å². The number of furan rings is 1. The highest BCUT2D eigenvalue weighted by molar-refractivity contribution is 6.05. The van der Waals surface area contributed by atoms with Crippen LogP contribution >= 0.6 is 0 Å². The summed E-state index contributed by atoms with van der Waals surface area (Å²) < 4.78 is 8.53. The van der Waals surface area contributed by atoms with E-state index in [4.69, 9.17) is 4.42 Å². The first-order chi connectivity index (χ1) is 11.9. The molecule has 0 aliphatic rings. The molecule has 0 unspecified atom stereocenters. The molecule has 9 heteroatoms. The van der Waals surface area contributed by atoms with Crippen molar-refractivity contribution >= 4 is 17.5 Å². The molecule has 3 aromatic rings. The summed E-state index contributed by atoms with van der Waals surface area (Å²) in [5, 5.41) is 18.7. The van der Waals surface area contributed by atoms with Gasteiger partial charge >= 0.3 is 5.69 Å². The smallest absolute Gasteiger partial charge is 0.307 e. The molecule has 0 fully saturated rings. The Morgan fingerprint density at radius 1 is 1.44 bits per heavy atom. The van der Waals surface area contributed by atoms with E-state index in [-0.39, 0.29) is 18.0 Å². The van der Waals surface area contributed by atoms with Gasteiger partial charge in [-0.25, -0.2) is 0 Å². The van der Waals surface area contributed by atoms with E-state index in [1.807, 2.05) is 6.92 Å². The van der Waals surface area contributed by atoms with E-state index < -0.39 is 4.92 Å². The molecule has 0 aromatic carbocycles. The number of ketones is 1. The van der Waals surface area contributed by atoms with E-state index in [9.17, 15) is 14.9 Å². The Bertz CT molecular complexity index is 963. The molecule has 0 spiro atoms. The van der Waals surface area contributed by atoms with E-state index in [1.54, 1.807) is 31.3 Å². The van der Waals surface area contributed by atoms with Gasteiger partial charge in [0.15, 0.2) is 0 Å². The zero-order valence-corrected chi connectivity index (χ0v) is 13.6. The van der Waals surface area contributed by atoms with Crippen molar-refractivity contribution in [3.63, 3.8) is 0 Å². The second kappa shape index (κ2) is 6.56. The van der Waals surface area contributed by atoms with E-state index in [0.717, 1.165) is 5.69 Å². The second-order valence-corrected chi connectivity index (χ2v) is 5.45. The molecule has 3 aromatic heterocycles. The summed E-state index contributed by atoms with van der Waals surface area (Å²) >= 11 is 0. The molecule has 0 aliphatic heterocycles. The average molecular weight is 341 g/mol. The van der Waals surface area contributed by atoms with Gasteiger partial charge in [-0.15, -0.1) is 0 Å². The van der Waals surface area contributed by atoms with Crippen LogP contribution < -0.4 is 0 Å². The van der Waals surface area contributed by atoms with Gasteiger partial charge in [0.05, 0.1) is 17.2 Å². The highest BCUT2D eigenvalue weighted by Gasteiger charge is 2.11. The van der Waals surface area contributed by atoms with Crippen LogP contribution in [0.4, 0.5) is 5.69 Å². The number of hydrogen-bond donors (Lipinski definition) is 0. The minimum atomic E-state index is -0.508. The first-order valence-corrected chi connectivity index (χ1v) is 7.41. The number of nitro groups is 1. The number of carbonyl (C=O) groups is 1. The SMILES string of the molecule is Cc1cc(C(=O)/C=C/c2ccc(Cn3cc([N+](=O)[O-])cn3)o2)n(C)n1. The lowest BCUT2D eigenvalue weighted by molar-refractivity contribution is -0.385. The van der Waals surface area contributed by atoms with Gasteiger partial charge in [0.25, 0.3) is 0 Å². The first kappa shape index (κ1) is 16.4. The fraction of sp³-hybridized carbons (Fsp3) is 0.188. The number of allylic oxidation sites excluding steroid dienone is 1. The van der Waals surface area contributed by atoms with Gasteiger partial charge in [0.1, 0.15) is 29.6 Å². The van der Waals surface area contributed by atoms with Crippen LogP contribution in [0.5, 0.6) is 0 Å². The summed E-state index contributed by atoms with van der Waals surface area (Å²) in [6.07, 6.45) is 5.49. The summed E-state index contributed by atoms with van der Waals surface area (Å²) in [6.45, 7) is 2.08. The number of aryl methyl sites for hydroxylation is 2. The fourth-order valence-corrected chi connectivity index (χ4v) is 2.35. The normalized spacial score (nSPS) is 11.3. The van der Waals surface area contributed by atoms with Crippen molar-refractivity contribution in [2.45, 2.75) is 13.5 Å². The molecule has 0 N–H and O–H groups in total. The molecule has 0 saturated carbocycles. The maximum atomic E-state index is 12.1. The van der Waals surface area contributed by atoms with Gasteiger partial charge in [0.2, 0.25) is 5.78 Å². The molecular weight excluding hydrogens is 326 g/mol. The first-order valence-electron chi connectivity index (χ1n) is 7.41. The number of aromatic nitrogens is 4. The van der Waals surface area contributed by atoms with Crippen molar-refractivity contribution in [1.29, 1.82) is 0 Å². The van der Waals surface area contributed by atoms with Crippen LogP contribution in [0, 0.1) is 17.0 Å². The zero-order chi connectivity index (χ0) is 18.0. The van der Waals surface area contributed by atoms with Crippen molar-refractivity contribution in [2.24, 2.45) is 7.05 Å². The van der Waals surface area contributed by atoms with E-state index in [2.05, 4.69) is 10.2 Å². The van der Waals surface area contributed by atoms with Crippen LogP contribution in [0.2, 0.25) is 0 Å². The topological polar surface area (TPSA) is 109 Å². The predicted octanol–water partition coefficient (Wildman–Crippen LogP) is 2.37. The molecular formula is C16H15N5O4. The highest BCUT2D eigenvalue weighted by Crippen LogP contribution is 2.14. The number of hydrogen-bond acceptors (Lipinski definition) is 6. The second-order valence-electron chi connectivity index (χ2n) is 5.45. The predicted molar refractivity (Wildman–Crippen MR) is 88.0 cm³/mol. The van der Waals surface area contributed by atoms with Crippen molar-refractivity contribution in [1.82, 2.24) is 19.6 Å². The highest BCUT2D eigenvalue weighted by atomic mass is 16.6. The molecule has 3 heterocycles. The zero-order valence-electron chi connectivity index (χ0n) is 13.6. The molecule has 0 saturated heterocycles. The van der Waals surface area contributed by atoms with Gasteiger partial charge in [0, 0.05) is 7.05 Å². The van der Waals surface area contributed by atoms with Crippen LogP contribution in [-0.4, -0.2) is 30.3 Å². The molecule has 128 valence electrons. The molecule has 3 rings (SSSR count). The maximum absolute atomic E-state index is 12.1. The number of nitrogens with zero attached hydrogens (tertiary/aromatic N) is 5. The Kier molecular flexibility index (Phi) is 4.29. The summed E-state index contributed by atoms with van der Waals surface area (Å²) in [6, 6.07) is 5.16. The van der Waals surface area contributed by atoms with Crippen LogP contribution in [0.1, 0.15) is 27.7 Å². The molecule has 0 aliphatic carbocycles. The van der Waals surface area contributed by atoms with E-state index in [1.165, 1.54) is 27.8 Å². The Morgan fingerprint density at radius 3 is 2.88 bits per heavy atom. The quantitative estimate of drug-likeness (QED) is 0.295. The summed E-state index contributed by atoms with van der Waals surface area (Å²) in [5.74, 6) is 0.897. The third-order valence-electron chi connectivity index (χ3n) is 3.48. The number of carbonyl (C=O) groups excluding carboxylic acids is 1. The standard InChI is InChI=1S/C16H15N5O4/c1-11-7-15(19(2)18-11)16(22)6-5-13-3-4-14(25-13)10-20-9-12(8-17-20)21(23)24/h3-9H,10H2,1-2H3/b6-5+. The third kappa shape index (κ3) is 3.71. The summed E-state index contributed by atoms with van der Waals surface area (Å²) in [7, 11) is 1.71. The molecule has 0 atom stereocenters. The number of rotatable bonds is 6. The Morgan fingerprint density at radius 2 is 2.24 bits per heavy atom. The van der Waals surface area contributed by atoms with Gasteiger partial charge in [-0.3, -0.25) is 24.3 Å². The van der Waals surface area contributed by atoms with Crippen LogP contribution in [0.25, 0.3) is 6.08 Å². The van der Waals surface area contributed by atoms with E-state index >= 15 is 0 Å². The molecule has 9 nitrogen and oxygen atoms in total.